The van der Waals surface area contributed by atoms with Gasteiger partial charge in [0.25, 0.3) is 5.24 Å². The average molecular weight is 360 g/mol. The Balaban J connectivity index is 2.09. The highest BCUT2D eigenvalue weighted by Gasteiger charge is 2.13. The van der Waals surface area contributed by atoms with Gasteiger partial charge >= 0.3 is 0 Å². The van der Waals surface area contributed by atoms with Crippen molar-refractivity contribution in [2.24, 2.45) is 0 Å². The van der Waals surface area contributed by atoms with E-state index in [2.05, 4.69) is 4.98 Å². The number of hydrogen-bond acceptors (Lipinski definition) is 3. The Morgan fingerprint density at radius 1 is 1.08 bits per heavy atom. The molecule has 0 aliphatic heterocycles. The fourth-order valence-electron chi connectivity index (χ4n) is 2.48. The van der Waals surface area contributed by atoms with E-state index in [1.54, 1.807) is 24.3 Å². The summed E-state index contributed by atoms with van der Waals surface area (Å²) in [6, 6.07) is 14.5. The van der Waals surface area contributed by atoms with Crippen LogP contribution in [0.4, 0.5) is 0 Å². The molecular weight excluding hydrogens is 345 g/mol. The zero-order chi connectivity index (χ0) is 17.3. The molecule has 3 nitrogen and oxygen atoms in total. The molecule has 3 aromatic rings. The zero-order valence-corrected chi connectivity index (χ0v) is 14.7. The quantitative estimate of drug-likeness (QED) is 0.559. The van der Waals surface area contributed by atoms with Crippen molar-refractivity contribution < 1.29 is 9.53 Å². The third-order valence-electron chi connectivity index (χ3n) is 3.50. The lowest BCUT2D eigenvalue weighted by molar-refractivity contribution is 0.108. The van der Waals surface area contributed by atoms with Crippen LogP contribution in [0.2, 0.25) is 5.02 Å². The SMILES string of the molecule is CC(C)Oc1ccc(-c2cc(C(=O)Cl)c3cc(Cl)ccc3n2)cc1. The summed E-state index contributed by atoms with van der Waals surface area (Å²) < 4.78 is 5.64. The Morgan fingerprint density at radius 3 is 2.42 bits per heavy atom. The third-order valence-corrected chi connectivity index (χ3v) is 3.94. The van der Waals surface area contributed by atoms with E-state index in [-0.39, 0.29) is 6.10 Å². The molecule has 1 heterocycles. The topological polar surface area (TPSA) is 39.2 Å². The summed E-state index contributed by atoms with van der Waals surface area (Å²) in [4.78, 5) is 16.4. The van der Waals surface area contributed by atoms with Crippen LogP contribution in [-0.2, 0) is 0 Å². The summed E-state index contributed by atoms with van der Waals surface area (Å²) in [7, 11) is 0. The number of hydrogen-bond donors (Lipinski definition) is 0. The number of fused-ring (bicyclic) bond motifs is 1. The van der Waals surface area contributed by atoms with E-state index in [0.717, 1.165) is 11.3 Å². The number of nitrogens with zero attached hydrogens (tertiary/aromatic N) is 1. The largest absolute Gasteiger partial charge is 0.491 e. The molecule has 0 N–H and O–H groups in total. The predicted octanol–water partition coefficient (Wildman–Crippen LogP) is 5.72. The Kier molecular flexibility index (Phi) is 4.74. The van der Waals surface area contributed by atoms with Crippen LogP contribution in [0.1, 0.15) is 24.2 Å². The molecule has 0 unspecified atom stereocenters. The number of pyridine rings is 1. The number of carbonyl (C=O) groups is 1. The molecule has 3 rings (SSSR count). The maximum absolute atomic E-state index is 11.8. The molecule has 1 aromatic heterocycles. The predicted molar refractivity (Wildman–Crippen MR) is 98.1 cm³/mol. The monoisotopic (exact) mass is 359 g/mol. The van der Waals surface area contributed by atoms with Gasteiger partial charge in [-0.15, -0.1) is 0 Å². The first kappa shape index (κ1) is 16.7. The lowest BCUT2D eigenvalue weighted by Crippen LogP contribution is -2.05. The van der Waals surface area contributed by atoms with Gasteiger partial charge in [-0.25, -0.2) is 4.98 Å². The fourth-order valence-corrected chi connectivity index (χ4v) is 2.81. The summed E-state index contributed by atoms with van der Waals surface area (Å²) in [6.07, 6.45) is 0.111. The second-order valence-corrected chi connectivity index (χ2v) is 6.46. The Bertz CT molecular complexity index is 905. The highest BCUT2D eigenvalue weighted by atomic mass is 35.5. The third kappa shape index (κ3) is 3.53. The molecule has 122 valence electrons. The van der Waals surface area contributed by atoms with E-state index in [1.807, 2.05) is 38.1 Å². The summed E-state index contributed by atoms with van der Waals surface area (Å²) in [5.41, 5.74) is 2.61. The smallest absolute Gasteiger partial charge is 0.253 e. The average Bonchev–Trinajstić information content (AvgIpc) is 2.54. The first-order valence-corrected chi connectivity index (χ1v) is 8.27. The molecule has 0 aliphatic rings. The number of benzene rings is 2. The molecule has 0 amide bonds. The molecule has 0 radical (unpaired) electrons. The molecule has 0 fully saturated rings. The minimum Gasteiger partial charge on any atom is -0.491 e. The zero-order valence-electron chi connectivity index (χ0n) is 13.2. The van der Waals surface area contributed by atoms with Gasteiger partial charge in [-0.05, 0) is 74.0 Å². The van der Waals surface area contributed by atoms with Crippen molar-refractivity contribution in [1.29, 1.82) is 0 Å². The number of carbonyl (C=O) groups excluding carboxylic acids is 1. The van der Waals surface area contributed by atoms with Crippen molar-refractivity contribution in [3.8, 4) is 17.0 Å². The van der Waals surface area contributed by atoms with Gasteiger partial charge in [-0.2, -0.15) is 0 Å². The van der Waals surface area contributed by atoms with Crippen LogP contribution in [0.15, 0.2) is 48.5 Å². The normalized spacial score (nSPS) is 11.0. The number of rotatable bonds is 4. The summed E-state index contributed by atoms with van der Waals surface area (Å²) >= 11 is 11.8. The van der Waals surface area contributed by atoms with Crippen LogP contribution in [0.25, 0.3) is 22.2 Å². The van der Waals surface area contributed by atoms with Crippen LogP contribution in [0.5, 0.6) is 5.75 Å². The molecule has 0 atom stereocenters. The Hall–Kier alpha value is -2.10. The van der Waals surface area contributed by atoms with Crippen LogP contribution in [-0.4, -0.2) is 16.3 Å². The first-order valence-electron chi connectivity index (χ1n) is 7.51. The fraction of sp³-hybridized carbons (Fsp3) is 0.158. The van der Waals surface area contributed by atoms with Gasteiger partial charge in [0.1, 0.15) is 5.75 Å². The van der Waals surface area contributed by atoms with E-state index >= 15 is 0 Å². The van der Waals surface area contributed by atoms with Gasteiger partial charge in [-0.1, -0.05) is 11.6 Å². The van der Waals surface area contributed by atoms with Crippen molar-refractivity contribution in [2.45, 2.75) is 20.0 Å². The van der Waals surface area contributed by atoms with Crippen LogP contribution in [0.3, 0.4) is 0 Å². The Labute approximate surface area is 150 Å². The second-order valence-electron chi connectivity index (χ2n) is 5.68. The van der Waals surface area contributed by atoms with Crippen molar-refractivity contribution >= 4 is 39.3 Å². The lowest BCUT2D eigenvalue weighted by atomic mass is 10.0. The molecule has 2 aromatic carbocycles. The van der Waals surface area contributed by atoms with Gasteiger partial charge in [0.2, 0.25) is 0 Å². The van der Waals surface area contributed by atoms with E-state index in [9.17, 15) is 4.79 Å². The molecule has 0 bridgehead atoms. The lowest BCUT2D eigenvalue weighted by Gasteiger charge is -2.11. The van der Waals surface area contributed by atoms with Crippen LogP contribution < -0.4 is 4.74 Å². The maximum Gasteiger partial charge on any atom is 0.253 e. The number of halogens is 2. The Morgan fingerprint density at radius 2 is 1.79 bits per heavy atom. The molecule has 5 heteroatoms. The molecule has 0 aliphatic carbocycles. The van der Waals surface area contributed by atoms with E-state index in [1.165, 1.54) is 0 Å². The van der Waals surface area contributed by atoms with Gasteiger partial charge in [0, 0.05) is 21.5 Å². The van der Waals surface area contributed by atoms with Gasteiger partial charge in [0.15, 0.2) is 0 Å². The van der Waals surface area contributed by atoms with Crippen LogP contribution >= 0.6 is 23.2 Å². The highest BCUT2D eigenvalue weighted by molar-refractivity contribution is 6.68. The van der Waals surface area contributed by atoms with Crippen molar-refractivity contribution in [2.75, 3.05) is 0 Å². The molecule has 0 spiro atoms. The summed E-state index contributed by atoms with van der Waals surface area (Å²) in [5.74, 6) is 0.787. The van der Waals surface area contributed by atoms with Crippen molar-refractivity contribution in [3.63, 3.8) is 0 Å². The first-order chi connectivity index (χ1) is 11.4. The second kappa shape index (κ2) is 6.80. The van der Waals surface area contributed by atoms with E-state index < -0.39 is 5.24 Å². The summed E-state index contributed by atoms with van der Waals surface area (Å²) in [6.45, 7) is 3.95. The van der Waals surface area contributed by atoms with E-state index in [0.29, 0.717) is 27.2 Å². The van der Waals surface area contributed by atoms with Crippen molar-refractivity contribution in [3.05, 3.63) is 59.1 Å². The molecule has 24 heavy (non-hydrogen) atoms. The number of ether oxygens (including phenoxy) is 1. The number of aromatic nitrogens is 1. The van der Waals surface area contributed by atoms with E-state index in [4.69, 9.17) is 27.9 Å². The molecule has 0 saturated heterocycles. The highest BCUT2D eigenvalue weighted by Crippen LogP contribution is 2.29. The van der Waals surface area contributed by atoms with Crippen molar-refractivity contribution in [1.82, 2.24) is 4.98 Å². The van der Waals surface area contributed by atoms with Crippen LogP contribution in [0, 0.1) is 0 Å². The molecule has 0 saturated carbocycles. The standard InChI is InChI=1S/C19H15Cl2NO2/c1-11(2)24-14-6-3-12(4-7-14)18-10-16(19(21)23)15-9-13(20)5-8-17(15)22-18/h3-11H,1-2H3. The van der Waals surface area contributed by atoms with Gasteiger partial charge in [-0.3, -0.25) is 4.79 Å². The minimum absolute atomic E-state index is 0.111. The molecular formula is C19H15Cl2NO2. The maximum atomic E-state index is 11.8. The van der Waals surface area contributed by atoms with Gasteiger partial charge in [0.05, 0.1) is 17.3 Å². The summed E-state index contributed by atoms with van der Waals surface area (Å²) in [5, 5.41) is 0.642. The van der Waals surface area contributed by atoms with Gasteiger partial charge < -0.3 is 4.74 Å². The minimum atomic E-state index is -0.536.